The number of hydrogen-bond donors (Lipinski definition) is 0. The Labute approximate surface area is 112 Å². The molecule has 0 spiro atoms. The highest BCUT2D eigenvalue weighted by Crippen LogP contribution is 2.21. The van der Waals surface area contributed by atoms with E-state index >= 15 is 0 Å². The van der Waals surface area contributed by atoms with Gasteiger partial charge in [-0.05, 0) is 31.2 Å². The Bertz CT molecular complexity index is 506. The molecule has 1 saturated heterocycles. The van der Waals surface area contributed by atoms with E-state index in [0.717, 1.165) is 31.1 Å². The van der Waals surface area contributed by atoms with E-state index in [2.05, 4.69) is 25.2 Å². The second-order valence-corrected chi connectivity index (χ2v) is 5.14. The SMILES string of the molecule is Cc1cnc(N2CCCC(Cn3ccnn3)C2)nc1. The third-order valence-corrected chi connectivity index (χ3v) is 3.49. The van der Waals surface area contributed by atoms with Crippen molar-refractivity contribution < 1.29 is 0 Å². The average Bonchev–Trinajstić information content (AvgIpc) is 2.93. The van der Waals surface area contributed by atoms with Crippen LogP contribution in [-0.4, -0.2) is 38.1 Å². The summed E-state index contributed by atoms with van der Waals surface area (Å²) in [6, 6.07) is 0. The van der Waals surface area contributed by atoms with Crippen molar-refractivity contribution in [2.45, 2.75) is 26.3 Å². The fourth-order valence-electron chi connectivity index (χ4n) is 2.54. The van der Waals surface area contributed by atoms with Crippen molar-refractivity contribution in [1.82, 2.24) is 25.0 Å². The van der Waals surface area contributed by atoms with Crippen molar-refractivity contribution in [3.05, 3.63) is 30.4 Å². The molecule has 6 heteroatoms. The lowest BCUT2D eigenvalue weighted by Gasteiger charge is -2.32. The summed E-state index contributed by atoms with van der Waals surface area (Å²) in [5.74, 6) is 1.43. The van der Waals surface area contributed by atoms with Gasteiger partial charge in [0.15, 0.2) is 0 Å². The summed E-state index contributed by atoms with van der Waals surface area (Å²) in [6.45, 7) is 4.95. The molecule has 0 amide bonds. The monoisotopic (exact) mass is 258 g/mol. The Hall–Kier alpha value is -1.98. The van der Waals surface area contributed by atoms with E-state index in [4.69, 9.17) is 0 Å². The molecule has 3 rings (SSSR count). The number of anilines is 1. The zero-order valence-electron chi connectivity index (χ0n) is 11.1. The first-order valence-corrected chi connectivity index (χ1v) is 6.69. The van der Waals surface area contributed by atoms with Crippen LogP contribution in [0.4, 0.5) is 5.95 Å². The van der Waals surface area contributed by atoms with Gasteiger partial charge in [-0.1, -0.05) is 5.21 Å². The zero-order valence-corrected chi connectivity index (χ0v) is 11.1. The Morgan fingerprint density at radius 1 is 1.32 bits per heavy atom. The maximum Gasteiger partial charge on any atom is 0.225 e. The molecule has 2 aromatic rings. The van der Waals surface area contributed by atoms with Gasteiger partial charge >= 0.3 is 0 Å². The molecule has 0 saturated carbocycles. The number of piperidine rings is 1. The van der Waals surface area contributed by atoms with Gasteiger partial charge in [-0.25, -0.2) is 9.97 Å². The van der Waals surface area contributed by atoms with Crippen LogP contribution in [0.5, 0.6) is 0 Å². The van der Waals surface area contributed by atoms with E-state index in [-0.39, 0.29) is 0 Å². The third kappa shape index (κ3) is 2.89. The first kappa shape index (κ1) is 12.1. The molecule has 3 heterocycles. The molecular formula is C13H18N6. The maximum atomic E-state index is 4.41. The highest BCUT2D eigenvalue weighted by molar-refractivity contribution is 5.30. The molecule has 1 aliphatic rings. The maximum absolute atomic E-state index is 4.41. The molecule has 2 aromatic heterocycles. The quantitative estimate of drug-likeness (QED) is 0.830. The standard InChI is InChI=1S/C13H18N6/c1-11-7-14-13(15-8-11)18-5-2-3-12(9-18)10-19-6-4-16-17-19/h4,6-8,12H,2-3,5,9-10H2,1H3. The Morgan fingerprint density at radius 2 is 2.16 bits per heavy atom. The van der Waals surface area contributed by atoms with Crippen LogP contribution < -0.4 is 4.90 Å². The van der Waals surface area contributed by atoms with Crippen LogP contribution >= 0.6 is 0 Å². The van der Waals surface area contributed by atoms with E-state index in [9.17, 15) is 0 Å². The van der Waals surface area contributed by atoms with E-state index in [1.54, 1.807) is 6.20 Å². The van der Waals surface area contributed by atoms with E-state index in [0.29, 0.717) is 5.92 Å². The molecular weight excluding hydrogens is 240 g/mol. The van der Waals surface area contributed by atoms with E-state index < -0.39 is 0 Å². The molecule has 0 bridgehead atoms. The average molecular weight is 258 g/mol. The highest BCUT2D eigenvalue weighted by Gasteiger charge is 2.22. The van der Waals surface area contributed by atoms with Gasteiger partial charge in [0.05, 0.1) is 6.20 Å². The fourth-order valence-corrected chi connectivity index (χ4v) is 2.54. The number of aryl methyl sites for hydroxylation is 1. The van der Waals surface area contributed by atoms with Crippen LogP contribution in [0.15, 0.2) is 24.8 Å². The molecule has 0 radical (unpaired) electrons. The van der Waals surface area contributed by atoms with Crippen LogP contribution in [0.3, 0.4) is 0 Å². The Balaban J connectivity index is 1.66. The van der Waals surface area contributed by atoms with Gasteiger partial charge in [-0.2, -0.15) is 0 Å². The summed E-state index contributed by atoms with van der Waals surface area (Å²) in [5.41, 5.74) is 1.10. The van der Waals surface area contributed by atoms with Crippen LogP contribution in [0.2, 0.25) is 0 Å². The molecule has 1 unspecified atom stereocenters. The van der Waals surface area contributed by atoms with Gasteiger partial charge in [0.25, 0.3) is 0 Å². The Morgan fingerprint density at radius 3 is 2.89 bits per heavy atom. The summed E-state index contributed by atoms with van der Waals surface area (Å²) < 4.78 is 1.91. The minimum atomic E-state index is 0.584. The van der Waals surface area contributed by atoms with Gasteiger partial charge < -0.3 is 4.90 Å². The van der Waals surface area contributed by atoms with Gasteiger partial charge in [0, 0.05) is 38.2 Å². The fraction of sp³-hybridized carbons (Fsp3) is 0.538. The van der Waals surface area contributed by atoms with Crippen molar-refractivity contribution in [1.29, 1.82) is 0 Å². The molecule has 0 aliphatic carbocycles. The lowest BCUT2D eigenvalue weighted by molar-refractivity contribution is 0.346. The van der Waals surface area contributed by atoms with Crippen molar-refractivity contribution in [3.63, 3.8) is 0 Å². The second-order valence-electron chi connectivity index (χ2n) is 5.14. The van der Waals surface area contributed by atoms with Crippen molar-refractivity contribution >= 4 is 5.95 Å². The number of hydrogen-bond acceptors (Lipinski definition) is 5. The third-order valence-electron chi connectivity index (χ3n) is 3.49. The van der Waals surface area contributed by atoms with Gasteiger partial charge in [0.2, 0.25) is 5.95 Å². The topological polar surface area (TPSA) is 59.7 Å². The van der Waals surface area contributed by atoms with E-state index in [1.165, 1.54) is 12.8 Å². The van der Waals surface area contributed by atoms with Crippen molar-refractivity contribution in [2.24, 2.45) is 5.92 Å². The van der Waals surface area contributed by atoms with Gasteiger partial charge in [-0.3, -0.25) is 4.68 Å². The smallest absolute Gasteiger partial charge is 0.225 e. The Kier molecular flexibility index (Phi) is 3.39. The minimum absolute atomic E-state index is 0.584. The predicted molar refractivity (Wildman–Crippen MR) is 71.7 cm³/mol. The molecule has 0 N–H and O–H groups in total. The van der Waals surface area contributed by atoms with E-state index in [1.807, 2.05) is 30.2 Å². The summed E-state index contributed by atoms with van der Waals surface area (Å²) in [7, 11) is 0. The summed E-state index contributed by atoms with van der Waals surface area (Å²) >= 11 is 0. The lowest BCUT2D eigenvalue weighted by atomic mass is 9.98. The first-order chi connectivity index (χ1) is 9.31. The second kappa shape index (κ2) is 5.34. The van der Waals surface area contributed by atoms with Crippen LogP contribution in [-0.2, 0) is 6.54 Å². The molecule has 19 heavy (non-hydrogen) atoms. The number of nitrogens with zero attached hydrogens (tertiary/aromatic N) is 6. The van der Waals surface area contributed by atoms with Crippen molar-refractivity contribution in [2.75, 3.05) is 18.0 Å². The minimum Gasteiger partial charge on any atom is -0.340 e. The lowest BCUT2D eigenvalue weighted by Crippen LogP contribution is -2.38. The van der Waals surface area contributed by atoms with Crippen LogP contribution in [0.1, 0.15) is 18.4 Å². The molecule has 0 aromatic carbocycles. The summed E-state index contributed by atoms with van der Waals surface area (Å²) in [6.07, 6.45) is 9.80. The summed E-state index contributed by atoms with van der Waals surface area (Å²) in [4.78, 5) is 11.1. The van der Waals surface area contributed by atoms with Crippen LogP contribution in [0.25, 0.3) is 0 Å². The normalized spacial score (nSPS) is 19.6. The molecule has 1 aliphatic heterocycles. The zero-order chi connectivity index (χ0) is 13.1. The first-order valence-electron chi connectivity index (χ1n) is 6.69. The number of rotatable bonds is 3. The van der Waals surface area contributed by atoms with Gasteiger partial charge in [0.1, 0.15) is 0 Å². The molecule has 6 nitrogen and oxygen atoms in total. The molecule has 1 atom stereocenters. The van der Waals surface area contributed by atoms with Gasteiger partial charge in [-0.15, -0.1) is 5.10 Å². The molecule has 1 fully saturated rings. The predicted octanol–water partition coefficient (Wildman–Crippen LogP) is 1.29. The summed E-state index contributed by atoms with van der Waals surface area (Å²) in [5, 5.41) is 7.89. The van der Waals surface area contributed by atoms with Crippen LogP contribution in [0, 0.1) is 12.8 Å². The highest BCUT2D eigenvalue weighted by atomic mass is 15.4. The van der Waals surface area contributed by atoms with Crippen molar-refractivity contribution in [3.8, 4) is 0 Å². The largest absolute Gasteiger partial charge is 0.340 e. The number of aromatic nitrogens is 5. The molecule has 100 valence electrons.